The van der Waals surface area contributed by atoms with E-state index in [1.807, 2.05) is 0 Å². The van der Waals surface area contributed by atoms with Crippen molar-refractivity contribution in [2.75, 3.05) is 0 Å². The van der Waals surface area contributed by atoms with E-state index >= 15 is 0 Å². The minimum atomic E-state index is 1.00. The minimum absolute atomic E-state index is 1.00. The Hall–Kier alpha value is -2.08. The Labute approximate surface area is 122 Å². The maximum atomic E-state index is 4.24. The molecule has 0 aliphatic rings. The van der Waals surface area contributed by atoms with Crippen molar-refractivity contribution in [3.8, 4) is 0 Å². The zero-order valence-corrected chi connectivity index (χ0v) is 12.9. The van der Waals surface area contributed by atoms with Gasteiger partial charge in [0.25, 0.3) is 0 Å². The van der Waals surface area contributed by atoms with Gasteiger partial charge in [-0.05, 0) is 50.0 Å². The van der Waals surface area contributed by atoms with Gasteiger partial charge in [0.2, 0.25) is 0 Å². The van der Waals surface area contributed by atoms with E-state index in [0.717, 1.165) is 22.3 Å². The zero-order valence-electron chi connectivity index (χ0n) is 12.9. The molecule has 0 aliphatic carbocycles. The summed E-state index contributed by atoms with van der Waals surface area (Å²) in [5.41, 5.74) is 9.36. The van der Waals surface area contributed by atoms with Crippen molar-refractivity contribution in [3.05, 3.63) is 82.9 Å². The van der Waals surface area contributed by atoms with Crippen LogP contribution in [0.3, 0.4) is 0 Å². The molecule has 0 radical (unpaired) electrons. The number of allylic oxidation sites excluding steroid dienone is 2. The van der Waals surface area contributed by atoms with Crippen molar-refractivity contribution in [3.63, 3.8) is 0 Å². The highest BCUT2D eigenvalue weighted by Gasteiger charge is 2.08. The summed E-state index contributed by atoms with van der Waals surface area (Å²) < 4.78 is 0. The molecule has 2 aromatic carbocycles. The van der Waals surface area contributed by atoms with Crippen molar-refractivity contribution in [1.29, 1.82) is 0 Å². The standard InChI is InChI=1S/C20H22/c1-13-7-14(2)10-19(9-13)17(5)18(6)20-11-15(3)8-16(4)12-20/h7-12H,5-6H2,1-4H3. The second-order valence-electron chi connectivity index (χ2n) is 5.71. The maximum absolute atomic E-state index is 4.24. The van der Waals surface area contributed by atoms with Gasteiger partial charge in [0.05, 0.1) is 0 Å². The molecule has 102 valence electrons. The van der Waals surface area contributed by atoms with Crippen LogP contribution in [-0.2, 0) is 0 Å². The van der Waals surface area contributed by atoms with Gasteiger partial charge in [-0.25, -0.2) is 0 Å². The van der Waals surface area contributed by atoms with E-state index in [1.54, 1.807) is 0 Å². The molecule has 0 heterocycles. The van der Waals surface area contributed by atoms with Crippen molar-refractivity contribution in [2.24, 2.45) is 0 Å². The maximum Gasteiger partial charge on any atom is -0.0179 e. The smallest absolute Gasteiger partial charge is 0.0179 e. The largest absolute Gasteiger partial charge is 0.0906 e. The fourth-order valence-electron chi connectivity index (χ4n) is 2.65. The predicted molar refractivity (Wildman–Crippen MR) is 89.9 cm³/mol. The first-order chi connectivity index (χ1) is 9.36. The first kappa shape index (κ1) is 14.3. The van der Waals surface area contributed by atoms with Crippen LogP contribution in [0, 0.1) is 27.7 Å². The third-order valence-corrected chi connectivity index (χ3v) is 3.50. The molecule has 0 saturated carbocycles. The highest BCUT2D eigenvalue weighted by atomic mass is 14.1. The van der Waals surface area contributed by atoms with Crippen LogP contribution in [0.4, 0.5) is 0 Å². The van der Waals surface area contributed by atoms with E-state index in [0.29, 0.717) is 0 Å². The normalized spacial score (nSPS) is 10.4. The van der Waals surface area contributed by atoms with Crippen molar-refractivity contribution >= 4 is 11.1 Å². The van der Waals surface area contributed by atoms with Crippen molar-refractivity contribution in [1.82, 2.24) is 0 Å². The number of benzene rings is 2. The van der Waals surface area contributed by atoms with Gasteiger partial charge in [-0.1, -0.05) is 71.8 Å². The molecule has 0 fully saturated rings. The summed E-state index contributed by atoms with van der Waals surface area (Å²) in [6.07, 6.45) is 0. The predicted octanol–water partition coefficient (Wildman–Crippen LogP) is 5.65. The Balaban J connectivity index is 2.39. The molecule has 0 unspecified atom stereocenters. The van der Waals surface area contributed by atoms with E-state index in [-0.39, 0.29) is 0 Å². The van der Waals surface area contributed by atoms with E-state index in [1.165, 1.54) is 22.3 Å². The Kier molecular flexibility index (Phi) is 3.94. The van der Waals surface area contributed by atoms with Crippen LogP contribution in [0.15, 0.2) is 49.6 Å². The molecule has 2 aromatic rings. The van der Waals surface area contributed by atoms with Crippen LogP contribution in [0.2, 0.25) is 0 Å². The van der Waals surface area contributed by atoms with E-state index in [2.05, 4.69) is 77.3 Å². The zero-order chi connectivity index (χ0) is 14.9. The molecule has 0 saturated heterocycles. The van der Waals surface area contributed by atoms with Gasteiger partial charge >= 0.3 is 0 Å². The molecule has 0 heteroatoms. The lowest BCUT2D eigenvalue weighted by atomic mass is 9.91. The summed E-state index contributed by atoms with van der Waals surface area (Å²) in [6.45, 7) is 16.9. The quantitative estimate of drug-likeness (QED) is 0.627. The Bertz CT molecular complexity index is 585. The van der Waals surface area contributed by atoms with Gasteiger partial charge in [-0.3, -0.25) is 0 Å². The van der Waals surface area contributed by atoms with Crippen LogP contribution in [0.5, 0.6) is 0 Å². The van der Waals surface area contributed by atoms with Gasteiger partial charge in [-0.15, -0.1) is 0 Å². The Morgan fingerprint density at radius 3 is 1.05 bits per heavy atom. The van der Waals surface area contributed by atoms with Crippen LogP contribution >= 0.6 is 0 Å². The average molecular weight is 262 g/mol. The fourth-order valence-corrected chi connectivity index (χ4v) is 2.65. The second kappa shape index (κ2) is 5.50. The topological polar surface area (TPSA) is 0 Å². The molecular weight excluding hydrogens is 240 g/mol. The second-order valence-corrected chi connectivity index (χ2v) is 5.71. The van der Waals surface area contributed by atoms with Crippen molar-refractivity contribution < 1.29 is 0 Å². The summed E-state index contributed by atoms with van der Waals surface area (Å²) in [5, 5.41) is 0. The summed E-state index contributed by atoms with van der Waals surface area (Å²) in [4.78, 5) is 0. The van der Waals surface area contributed by atoms with Crippen LogP contribution in [0.1, 0.15) is 33.4 Å². The molecule has 0 bridgehead atoms. The molecule has 0 nitrogen and oxygen atoms in total. The van der Waals surface area contributed by atoms with E-state index < -0.39 is 0 Å². The van der Waals surface area contributed by atoms with Crippen molar-refractivity contribution in [2.45, 2.75) is 27.7 Å². The van der Waals surface area contributed by atoms with Crippen LogP contribution in [0.25, 0.3) is 11.1 Å². The Morgan fingerprint density at radius 2 is 0.800 bits per heavy atom. The van der Waals surface area contributed by atoms with Gasteiger partial charge in [0, 0.05) is 0 Å². The van der Waals surface area contributed by atoms with E-state index in [9.17, 15) is 0 Å². The Morgan fingerprint density at radius 1 is 0.550 bits per heavy atom. The highest BCUT2D eigenvalue weighted by molar-refractivity contribution is 6.03. The summed E-state index contributed by atoms with van der Waals surface area (Å²) in [5.74, 6) is 0. The summed E-state index contributed by atoms with van der Waals surface area (Å²) in [7, 11) is 0. The monoisotopic (exact) mass is 262 g/mol. The molecule has 0 aromatic heterocycles. The summed E-state index contributed by atoms with van der Waals surface area (Å²) >= 11 is 0. The number of aryl methyl sites for hydroxylation is 4. The van der Waals surface area contributed by atoms with E-state index in [4.69, 9.17) is 0 Å². The third kappa shape index (κ3) is 3.08. The molecule has 0 atom stereocenters. The third-order valence-electron chi connectivity index (χ3n) is 3.50. The lowest BCUT2D eigenvalue weighted by Gasteiger charge is -2.13. The fraction of sp³-hybridized carbons (Fsp3) is 0.200. The first-order valence-corrected chi connectivity index (χ1v) is 6.92. The van der Waals surface area contributed by atoms with Gasteiger partial charge in [-0.2, -0.15) is 0 Å². The first-order valence-electron chi connectivity index (χ1n) is 6.92. The average Bonchev–Trinajstić information content (AvgIpc) is 2.34. The lowest BCUT2D eigenvalue weighted by molar-refractivity contribution is 1.36. The van der Waals surface area contributed by atoms with Crippen LogP contribution in [-0.4, -0.2) is 0 Å². The number of hydrogen-bond acceptors (Lipinski definition) is 0. The molecule has 2 rings (SSSR count). The minimum Gasteiger partial charge on any atom is -0.0906 e. The number of hydrogen-bond donors (Lipinski definition) is 0. The molecule has 0 amide bonds. The molecule has 0 spiro atoms. The molecule has 0 aliphatic heterocycles. The summed E-state index contributed by atoms with van der Waals surface area (Å²) in [6, 6.07) is 13.0. The van der Waals surface area contributed by atoms with Gasteiger partial charge in [0.1, 0.15) is 0 Å². The van der Waals surface area contributed by atoms with Crippen LogP contribution < -0.4 is 0 Å². The molecule has 20 heavy (non-hydrogen) atoms. The van der Waals surface area contributed by atoms with Gasteiger partial charge < -0.3 is 0 Å². The number of rotatable bonds is 3. The lowest BCUT2D eigenvalue weighted by Crippen LogP contribution is -1.92. The van der Waals surface area contributed by atoms with Gasteiger partial charge in [0.15, 0.2) is 0 Å². The SMILES string of the molecule is C=C(C(=C)c1cc(C)cc(C)c1)c1cc(C)cc(C)c1. The molecule has 0 N–H and O–H groups in total. The molecular formula is C20H22. The highest BCUT2D eigenvalue weighted by Crippen LogP contribution is 2.30.